The number of halogens is 1. The number of amides is 1. The van der Waals surface area contributed by atoms with Gasteiger partial charge in [-0.1, -0.05) is 54.1 Å². The number of hydrogen-bond donors (Lipinski definition) is 2. The normalized spacial score (nSPS) is 11.9. The van der Waals surface area contributed by atoms with Crippen LogP contribution in [0.5, 0.6) is 23.0 Å². The third-order valence-corrected chi connectivity index (χ3v) is 7.61. The van der Waals surface area contributed by atoms with E-state index in [0.717, 1.165) is 44.9 Å². The number of nitrogens with zero attached hydrogens (tertiary/aromatic N) is 1. The molecule has 0 fully saturated rings. The van der Waals surface area contributed by atoms with Crippen LogP contribution in [0.25, 0.3) is 11.1 Å². The molecule has 44 heavy (non-hydrogen) atoms. The molecule has 4 aromatic carbocycles. The summed E-state index contributed by atoms with van der Waals surface area (Å²) < 4.78 is 24.0. The lowest BCUT2D eigenvalue weighted by Gasteiger charge is -2.20. The molecule has 0 aromatic heterocycles. The summed E-state index contributed by atoms with van der Waals surface area (Å²) in [5.41, 5.74) is 6.49. The molecule has 0 aliphatic carbocycles. The van der Waals surface area contributed by atoms with Gasteiger partial charge in [0, 0.05) is 32.1 Å². The van der Waals surface area contributed by atoms with Gasteiger partial charge in [-0.05, 0) is 65.1 Å². The fraction of sp³-hybridized carbons (Fsp3) is 0.257. The van der Waals surface area contributed by atoms with Crippen molar-refractivity contribution >= 4 is 17.5 Å². The molecule has 1 aliphatic rings. The highest BCUT2D eigenvalue weighted by Gasteiger charge is 2.17. The van der Waals surface area contributed by atoms with Crippen molar-refractivity contribution in [2.75, 3.05) is 26.3 Å². The fourth-order valence-electron chi connectivity index (χ4n) is 4.94. The molecule has 226 valence electrons. The maximum absolute atomic E-state index is 11.2. The molecule has 0 bridgehead atoms. The van der Waals surface area contributed by atoms with Crippen LogP contribution in [-0.4, -0.2) is 32.2 Å². The third kappa shape index (κ3) is 7.62. The van der Waals surface area contributed by atoms with Crippen LogP contribution in [0.1, 0.15) is 34.7 Å². The Hall–Kier alpha value is -4.71. The molecule has 1 amide bonds. The second kappa shape index (κ2) is 14.6. The van der Waals surface area contributed by atoms with Gasteiger partial charge < -0.3 is 29.6 Å². The van der Waals surface area contributed by atoms with Gasteiger partial charge in [-0.15, -0.1) is 0 Å². The van der Waals surface area contributed by atoms with E-state index in [0.29, 0.717) is 61.5 Å². The second-order valence-electron chi connectivity index (χ2n) is 10.4. The molecule has 8 nitrogen and oxygen atoms in total. The Morgan fingerprint density at radius 2 is 1.75 bits per heavy atom. The Kier molecular flexibility index (Phi) is 10.2. The molecule has 1 aliphatic heterocycles. The molecule has 1 heterocycles. The maximum Gasteiger partial charge on any atom is 0.216 e. The predicted octanol–water partition coefficient (Wildman–Crippen LogP) is 6.34. The first kappa shape index (κ1) is 30.7. The van der Waals surface area contributed by atoms with Gasteiger partial charge in [-0.25, -0.2) is 0 Å². The monoisotopic (exact) mass is 611 g/mol. The highest BCUT2D eigenvalue weighted by atomic mass is 35.5. The van der Waals surface area contributed by atoms with Crippen molar-refractivity contribution in [2.24, 2.45) is 0 Å². The minimum absolute atomic E-state index is 0.0768. The first-order valence-corrected chi connectivity index (χ1v) is 14.8. The van der Waals surface area contributed by atoms with Gasteiger partial charge in [-0.3, -0.25) is 4.79 Å². The number of nitriles is 1. The van der Waals surface area contributed by atoms with Crippen molar-refractivity contribution in [3.63, 3.8) is 0 Å². The van der Waals surface area contributed by atoms with E-state index in [4.69, 9.17) is 30.5 Å². The van der Waals surface area contributed by atoms with Gasteiger partial charge in [0.1, 0.15) is 42.9 Å². The summed E-state index contributed by atoms with van der Waals surface area (Å²) in [5, 5.41) is 15.7. The van der Waals surface area contributed by atoms with Crippen molar-refractivity contribution in [2.45, 2.75) is 33.6 Å². The first-order chi connectivity index (χ1) is 21.4. The Balaban J connectivity index is 1.34. The minimum Gasteiger partial charge on any atom is -0.487 e. The van der Waals surface area contributed by atoms with E-state index < -0.39 is 0 Å². The number of ether oxygens (including phenoxy) is 4. The number of carbonyl (C=O) groups excluding carboxylic acids is 1. The molecular formula is C35H34ClN3O5. The zero-order valence-electron chi connectivity index (χ0n) is 24.7. The highest BCUT2D eigenvalue weighted by molar-refractivity contribution is 6.33. The quantitative estimate of drug-likeness (QED) is 0.180. The molecule has 9 heteroatoms. The van der Waals surface area contributed by atoms with Gasteiger partial charge in [0.2, 0.25) is 5.91 Å². The van der Waals surface area contributed by atoms with Crippen LogP contribution >= 0.6 is 11.6 Å². The van der Waals surface area contributed by atoms with Crippen molar-refractivity contribution < 1.29 is 23.7 Å². The van der Waals surface area contributed by atoms with E-state index in [1.807, 2.05) is 54.6 Å². The average Bonchev–Trinajstić information content (AvgIpc) is 3.04. The Morgan fingerprint density at radius 1 is 0.932 bits per heavy atom. The van der Waals surface area contributed by atoms with Gasteiger partial charge in [0.25, 0.3) is 0 Å². The molecule has 0 radical (unpaired) electrons. The molecule has 0 spiro atoms. The lowest BCUT2D eigenvalue weighted by Crippen LogP contribution is -2.30. The van der Waals surface area contributed by atoms with Crippen molar-refractivity contribution in [1.82, 2.24) is 10.6 Å². The van der Waals surface area contributed by atoms with Crippen molar-refractivity contribution in [1.29, 1.82) is 5.26 Å². The smallest absolute Gasteiger partial charge is 0.216 e. The Labute approximate surface area is 262 Å². The third-order valence-electron chi connectivity index (χ3n) is 7.26. The van der Waals surface area contributed by atoms with Crippen LogP contribution in [0.15, 0.2) is 72.8 Å². The molecule has 5 rings (SSSR count). The zero-order chi connectivity index (χ0) is 30.9. The van der Waals surface area contributed by atoms with Crippen LogP contribution in [0.3, 0.4) is 0 Å². The largest absolute Gasteiger partial charge is 0.487 e. The molecule has 0 saturated heterocycles. The van der Waals surface area contributed by atoms with E-state index in [-0.39, 0.29) is 12.5 Å². The van der Waals surface area contributed by atoms with Crippen LogP contribution in [0.4, 0.5) is 0 Å². The Bertz CT molecular complexity index is 1680. The molecule has 0 atom stereocenters. The van der Waals surface area contributed by atoms with Crippen LogP contribution < -0.4 is 29.6 Å². The Morgan fingerprint density at radius 3 is 2.57 bits per heavy atom. The topological polar surface area (TPSA) is 102 Å². The van der Waals surface area contributed by atoms with Gasteiger partial charge >= 0.3 is 0 Å². The zero-order valence-corrected chi connectivity index (χ0v) is 25.5. The second-order valence-corrected chi connectivity index (χ2v) is 10.7. The predicted molar refractivity (Wildman–Crippen MR) is 169 cm³/mol. The molecule has 4 aromatic rings. The summed E-state index contributed by atoms with van der Waals surface area (Å²) in [7, 11) is 0. The summed E-state index contributed by atoms with van der Waals surface area (Å²) in [5.74, 6) is 2.43. The standard InChI is InChI=1S/C35H34ClN3O5/c1-23-29(7-4-8-30(23)27-9-11-31-33(18-27)42-16-15-41-31)22-43-32-12-10-28(20-38-13-14-39-24(2)40)35(34(32)36)44-21-26-6-3-5-25(17-26)19-37/h3-12,17-18,38H,13-16,20-22H2,1-2H3,(H,39,40). The summed E-state index contributed by atoms with van der Waals surface area (Å²) >= 11 is 6.91. The summed E-state index contributed by atoms with van der Waals surface area (Å²) in [6.07, 6.45) is 0. The van der Waals surface area contributed by atoms with E-state index >= 15 is 0 Å². The first-order valence-electron chi connectivity index (χ1n) is 14.4. The van der Waals surface area contributed by atoms with Crippen LogP contribution in [0.2, 0.25) is 5.02 Å². The van der Waals surface area contributed by atoms with E-state index in [1.54, 1.807) is 12.1 Å². The summed E-state index contributed by atoms with van der Waals surface area (Å²) in [4.78, 5) is 11.2. The van der Waals surface area contributed by atoms with Gasteiger partial charge in [0.15, 0.2) is 11.5 Å². The number of hydrogen-bond acceptors (Lipinski definition) is 7. The average molecular weight is 612 g/mol. The number of benzene rings is 4. The molecule has 0 saturated carbocycles. The van der Waals surface area contributed by atoms with Crippen LogP contribution in [0, 0.1) is 18.3 Å². The van der Waals surface area contributed by atoms with Crippen molar-refractivity contribution in [3.8, 4) is 40.2 Å². The molecule has 2 N–H and O–H groups in total. The SMILES string of the molecule is CC(=O)NCCNCc1ccc(OCc2cccc(-c3ccc4c(c3)OCCO4)c2C)c(Cl)c1OCc1cccc(C#N)c1. The number of rotatable bonds is 12. The van der Waals surface area contributed by atoms with Gasteiger partial charge in [0.05, 0.1) is 11.6 Å². The fourth-order valence-corrected chi connectivity index (χ4v) is 5.23. The number of fused-ring (bicyclic) bond motifs is 1. The maximum atomic E-state index is 11.2. The lowest BCUT2D eigenvalue weighted by atomic mass is 9.96. The summed E-state index contributed by atoms with van der Waals surface area (Å²) in [6.45, 7) is 6.75. The summed E-state index contributed by atoms with van der Waals surface area (Å²) in [6, 6.07) is 25.3. The minimum atomic E-state index is -0.0768. The van der Waals surface area contributed by atoms with Crippen LogP contribution in [-0.2, 0) is 24.6 Å². The highest BCUT2D eigenvalue weighted by Crippen LogP contribution is 2.39. The number of nitrogens with one attached hydrogen (secondary N) is 2. The van der Waals surface area contributed by atoms with Crippen molar-refractivity contribution in [3.05, 3.63) is 106 Å². The molecule has 0 unspecified atom stereocenters. The van der Waals surface area contributed by atoms with Gasteiger partial charge in [-0.2, -0.15) is 5.26 Å². The number of carbonyl (C=O) groups is 1. The molecular weight excluding hydrogens is 578 g/mol. The van der Waals surface area contributed by atoms with E-state index in [1.165, 1.54) is 6.92 Å². The van der Waals surface area contributed by atoms with E-state index in [2.05, 4.69) is 29.7 Å². The van der Waals surface area contributed by atoms with E-state index in [9.17, 15) is 10.1 Å². The lowest BCUT2D eigenvalue weighted by molar-refractivity contribution is -0.118.